The van der Waals surface area contributed by atoms with E-state index in [1.54, 1.807) is 23.2 Å². The first-order chi connectivity index (χ1) is 18.8. The normalized spacial score (nSPS) is 11.8. The summed E-state index contributed by atoms with van der Waals surface area (Å²) in [7, 11) is 0. The molecule has 0 atom stereocenters. The highest BCUT2D eigenvalue weighted by Gasteiger charge is 2.23. The molecule has 9 nitrogen and oxygen atoms in total. The number of halogens is 2. The summed E-state index contributed by atoms with van der Waals surface area (Å²) < 4.78 is 33.8. The van der Waals surface area contributed by atoms with Crippen LogP contribution in [0.3, 0.4) is 0 Å². The van der Waals surface area contributed by atoms with E-state index in [0.29, 0.717) is 28.5 Å². The van der Waals surface area contributed by atoms with Crippen molar-refractivity contribution in [3.63, 3.8) is 0 Å². The molecular formula is C28H24F2N6O3. The first kappa shape index (κ1) is 26.7. The quantitative estimate of drug-likeness (QED) is 0.197. The van der Waals surface area contributed by atoms with E-state index >= 15 is 0 Å². The molecule has 3 heterocycles. The van der Waals surface area contributed by atoms with Crippen LogP contribution in [0, 0.1) is 21.7 Å². The highest BCUT2D eigenvalue weighted by Crippen LogP contribution is 2.38. The van der Waals surface area contributed by atoms with E-state index in [1.807, 2.05) is 32.2 Å². The summed E-state index contributed by atoms with van der Waals surface area (Å²) >= 11 is 0. The lowest BCUT2D eigenvalue weighted by atomic mass is 10.0. The Bertz CT molecular complexity index is 1570. The van der Waals surface area contributed by atoms with Crippen LogP contribution >= 0.6 is 0 Å². The molecule has 3 N–H and O–H groups in total. The summed E-state index contributed by atoms with van der Waals surface area (Å²) in [6.07, 6.45) is 6.52. The van der Waals surface area contributed by atoms with Crippen molar-refractivity contribution in [3.8, 4) is 11.5 Å². The molecule has 1 aliphatic heterocycles. The van der Waals surface area contributed by atoms with Crippen molar-refractivity contribution in [3.05, 3.63) is 113 Å². The molecule has 0 unspecified atom stereocenters. The van der Waals surface area contributed by atoms with Gasteiger partial charge in [0.05, 0.1) is 4.92 Å². The van der Waals surface area contributed by atoms with E-state index in [9.17, 15) is 18.9 Å². The maximum atomic E-state index is 14.9. The second kappa shape index (κ2) is 11.4. The van der Waals surface area contributed by atoms with Gasteiger partial charge in [0.15, 0.2) is 11.6 Å². The molecule has 0 saturated carbocycles. The first-order valence-corrected chi connectivity index (χ1v) is 11.9. The van der Waals surface area contributed by atoms with Crippen LogP contribution in [-0.2, 0) is 0 Å². The fourth-order valence-corrected chi connectivity index (χ4v) is 3.86. The Kier molecular flexibility index (Phi) is 7.80. The van der Waals surface area contributed by atoms with Crippen molar-refractivity contribution in [1.82, 2.24) is 9.97 Å². The second-order valence-electron chi connectivity index (χ2n) is 7.90. The predicted octanol–water partition coefficient (Wildman–Crippen LogP) is 7.27. The number of nitrogens with zero attached hydrogens (tertiary/aromatic N) is 4. The third kappa shape index (κ3) is 5.52. The van der Waals surface area contributed by atoms with Gasteiger partial charge in [0.1, 0.15) is 11.6 Å². The monoisotopic (exact) mass is 530 g/mol. The van der Waals surface area contributed by atoms with Crippen LogP contribution in [0.1, 0.15) is 25.0 Å². The Morgan fingerprint density at radius 3 is 2.44 bits per heavy atom. The molecule has 0 aliphatic carbocycles. The number of nitro groups is 1. The molecule has 2 aromatic heterocycles. The Labute approximate surface area is 223 Å². The van der Waals surface area contributed by atoms with Crippen LogP contribution in [0.4, 0.5) is 37.5 Å². The van der Waals surface area contributed by atoms with E-state index in [-0.39, 0.29) is 23.1 Å². The van der Waals surface area contributed by atoms with E-state index in [4.69, 9.17) is 10.5 Å². The van der Waals surface area contributed by atoms with Crippen LogP contribution in [0.25, 0.3) is 11.8 Å². The second-order valence-corrected chi connectivity index (χ2v) is 7.90. The molecule has 11 heteroatoms. The molecule has 0 spiro atoms. The number of hydrogen-bond acceptors (Lipinski definition) is 8. The largest absolute Gasteiger partial charge is 0.447 e. The lowest BCUT2D eigenvalue weighted by Gasteiger charge is -2.29. The van der Waals surface area contributed by atoms with Crippen molar-refractivity contribution in [2.45, 2.75) is 13.8 Å². The zero-order valence-electron chi connectivity index (χ0n) is 21.1. The fourth-order valence-electron chi connectivity index (χ4n) is 3.86. The summed E-state index contributed by atoms with van der Waals surface area (Å²) in [6, 6.07) is 13.1. The maximum Gasteiger partial charge on any atom is 0.353 e. The zero-order chi connectivity index (χ0) is 28.1. The minimum atomic E-state index is -0.772. The minimum Gasteiger partial charge on any atom is -0.447 e. The first-order valence-electron chi connectivity index (χ1n) is 11.9. The zero-order valence-corrected chi connectivity index (χ0v) is 21.1. The van der Waals surface area contributed by atoms with Crippen LogP contribution < -0.4 is 20.7 Å². The van der Waals surface area contributed by atoms with E-state index in [0.717, 1.165) is 5.56 Å². The fraction of sp³-hybridized carbons (Fsp3) is 0.0714. The number of hydrogen-bond donors (Lipinski definition) is 2. The van der Waals surface area contributed by atoms with Gasteiger partial charge in [-0.25, -0.2) is 18.7 Å². The predicted molar refractivity (Wildman–Crippen MR) is 148 cm³/mol. The van der Waals surface area contributed by atoms with Crippen LogP contribution in [0.2, 0.25) is 0 Å². The van der Waals surface area contributed by atoms with Gasteiger partial charge < -0.3 is 20.7 Å². The summed E-state index contributed by atoms with van der Waals surface area (Å²) in [5.41, 5.74) is 8.18. The van der Waals surface area contributed by atoms with E-state index < -0.39 is 16.4 Å². The molecule has 0 bridgehead atoms. The smallest absolute Gasteiger partial charge is 0.353 e. The molecule has 5 rings (SSSR count). The average molecular weight is 531 g/mol. The number of nitrogens with two attached hydrogens (primary N) is 1. The number of nitrogens with one attached hydrogen (secondary N) is 1. The van der Waals surface area contributed by atoms with Gasteiger partial charge in [-0.05, 0) is 54.1 Å². The third-order valence-electron chi connectivity index (χ3n) is 5.58. The lowest BCUT2D eigenvalue weighted by Crippen LogP contribution is -2.18. The van der Waals surface area contributed by atoms with Gasteiger partial charge >= 0.3 is 5.69 Å². The molecule has 2 aromatic carbocycles. The molecule has 198 valence electrons. The van der Waals surface area contributed by atoms with Crippen molar-refractivity contribution < 1.29 is 18.4 Å². The maximum absolute atomic E-state index is 14.9. The molecule has 1 aliphatic rings. The SMILES string of the molecule is C=C1c2c(ccnc2Nc2ccc(Oc3ccnc(N)c3[N+](=O)[O-])c(F)c2)C=CN1c1ccc(F)cc1.CC. The molecule has 0 radical (unpaired) electrons. The number of anilines is 4. The highest BCUT2D eigenvalue weighted by atomic mass is 19.1. The Morgan fingerprint density at radius 2 is 1.74 bits per heavy atom. The van der Waals surface area contributed by atoms with E-state index in [2.05, 4.69) is 21.9 Å². The van der Waals surface area contributed by atoms with Gasteiger partial charge in [-0.15, -0.1) is 0 Å². The van der Waals surface area contributed by atoms with Gasteiger partial charge in [0.25, 0.3) is 0 Å². The van der Waals surface area contributed by atoms with Crippen molar-refractivity contribution >= 4 is 40.5 Å². The van der Waals surface area contributed by atoms with Gasteiger partial charge in [-0.2, -0.15) is 0 Å². The minimum absolute atomic E-state index is 0.236. The molecule has 0 saturated heterocycles. The molecule has 39 heavy (non-hydrogen) atoms. The van der Waals surface area contributed by atoms with Crippen molar-refractivity contribution in [1.29, 1.82) is 0 Å². The highest BCUT2D eigenvalue weighted by molar-refractivity contribution is 5.93. The average Bonchev–Trinajstić information content (AvgIpc) is 2.92. The number of rotatable bonds is 6. The van der Waals surface area contributed by atoms with Gasteiger partial charge in [0.2, 0.25) is 11.6 Å². The van der Waals surface area contributed by atoms with Crippen molar-refractivity contribution in [2.75, 3.05) is 16.0 Å². The summed E-state index contributed by atoms with van der Waals surface area (Å²) in [5, 5.41) is 14.4. The summed E-state index contributed by atoms with van der Waals surface area (Å²) in [4.78, 5) is 20.4. The number of aromatic nitrogens is 2. The molecule has 4 aromatic rings. The summed E-state index contributed by atoms with van der Waals surface area (Å²) in [6.45, 7) is 8.18. The lowest BCUT2D eigenvalue weighted by molar-refractivity contribution is -0.384. The number of ether oxygens (including phenoxy) is 1. The summed E-state index contributed by atoms with van der Waals surface area (Å²) in [5.74, 6) is -1.52. The Balaban J connectivity index is 0.00000172. The van der Waals surface area contributed by atoms with Crippen molar-refractivity contribution in [2.24, 2.45) is 0 Å². The topological polar surface area (TPSA) is 119 Å². The van der Waals surface area contributed by atoms with Crippen LogP contribution in [0.5, 0.6) is 11.5 Å². The van der Waals surface area contributed by atoms with Gasteiger partial charge in [-0.1, -0.05) is 20.4 Å². The Morgan fingerprint density at radius 1 is 1.03 bits per heavy atom. The standard InChI is InChI=1S/C26H18F2N6O3.C2H6/c1-15-23-16(10-13-33(15)19-5-2-17(27)3-6-19)8-11-31-26(23)32-18-4-7-21(20(28)14-18)37-22-9-12-30-25(29)24(22)34(35)36;1-2/h2-14H,1H2,(H2,29,30)(H,31,32);1-2H3. The number of fused-ring (bicyclic) bond motifs is 1. The molecule has 0 amide bonds. The molecular weight excluding hydrogens is 506 g/mol. The Hall–Kier alpha value is -5.32. The van der Waals surface area contributed by atoms with Crippen LogP contribution in [-0.4, -0.2) is 14.9 Å². The van der Waals surface area contributed by atoms with Crippen LogP contribution in [0.15, 0.2) is 79.8 Å². The molecule has 0 fully saturated rings. The number of nitrogen functional groups attached to an aromatic ring is 1. The third-order valence-corrected chi connectivity index (χ3v) is 5.58. The number of benzene rings is 2. The number of pyridine rings is 2. The van der Waals surface area contributed by atoms with Gasteiger partial charge in [-0.3, -0.25) is 10.1 Å². The van der Waals surface area contributed by atoms with E-state index in [1.165, 1.54) is 42.6 Å². The van der Waals surface area contributed by atoms with Gasteiger partial charge in [0, 0.05) is 53.4 Å².